The van der Waals surface area contributed by atoms with Crippen LogP contribution in [0.25, 0.3) is 0 Å². The fourth-order valence-corrected chi connectivity index (χ4v) is 0.460. The van der Waals surface area contributed by atoms with Gasteiger partial charge in [-0.1, -0.05) is 24.7 Å². The Morgan fingerprint density at radius 2 is 1.67 bits per heavy atom. The monoisotopic (exact) mass is 154 g/mol. The van der Waals surface area contributed by atoms with Gasteiger partial charge in [-0.25, -0.2) is 0 Å². The molecule has 0 aliphatic heterocycles. The van der Waals surface area contributed by atoms with Gasteiger partial charge in [-0.05, 0) is 30.1 Å². The van der Waals surface area contributed by atoms with Crippen molar-refractivity contribution in [2.24, 2.45) is 0 Å². The second kappa shape index (κ2) is 9.24. The van der Waals surface area contributed by atoms with Crippen LogP contribution in [0.15, 0.2) is 0 Å². The molecule has 0 aliphatic rings. The first-order valence-corrected chi connectivity index (χ1v) is 3.81. The van der Waals surface area contributed by atoms with Crippen LogP contribution in [0.5, 0.6) is 0 Å². The summed E-state index contributed by atoms with van der Waals surface area (Å²) >= 11 is 0. The molecule has 0 fully saturated rings. The maximum atomic E-state index is 4.91. The molecule has 0 nitrogen and oxygen atoms in total. The molecule has 0 bridgehead atoms. The molecule has 0 aromatic carbocycles. The summed E-state index contributed by atoms with van der Waals surface area (Å²) in [5.41, 5.74) is 0. The molecule has 0 aromatic rings. The summed E-state index contributed by atoms with van der Waals surface area (Å²) in [6.07, 6.45) is 7.40. The maximum Gasteiger partial charge on any atom is 0.0723 e. The molecule has 0 saturated carbocycles. The van der Waals surface area contributed by atoms with Crippen molar-refractivity contribution in [3.05, 3.63) is 0 Å². The quantitative estimate of drug-likeness (QED) is 0.505. The van der Waals surface area contributed by atoms with Crippen LogP contribution in [0.4, 0.5) is 0 Å². The standard InChI is InChI=1S/C12H10/c1-3-5-7-9-11-12-10-8-6-4-2/h1H,4,6,9H2,2H3. The number of rotatable bonds is 1. The first kappa shape index (κ1) is 10.2. The summed E-state index contributed by atoms with van der Waals surface area (Å²) < 4.78 is 0. The van der Waals surface area contributed by atoms with E-state index in [1.165, 1.54) is 0 Å². The summed E-state index contributed by atoms with van der Waals surface area (Å²) in [6, 6.07) is 0. The molecule has 0 atom stereocenters. The Kier molecular flexibility index (Phi) is 7.88. The van der Waals surface area contributed by atoms with E-state index in [-0.39, 0.29) is 0 Å². The van der Waals surface area contributed by atoms with E-state index in [9.17, 15) is 0 Å². The van der Waals surface area contributed by atoms with Crippen LogP contribution in [0.3, 0.4) is 0 Å². The van der Waals surface area contributed by atoms with Crippen LogP contribution in [-0.2, 0) is 0 Å². The number of hydrogen-bond donors (Lipinski definition) is 0. The smallest absolute Gasteiger partial charge is 0.0723 e. The van der Waals surface area contributed by atoms with Crippen molar-refractivity contribution in [1.82, 2.24) is 0 Å². The summed E-state index contributed by atoms with van der Waals surface area (Å²) in [5.74, 6) is 18.5. The van der Waals surface area contributed by atoms with E-state index in [1.807, 2.05) is 0 Å². The molecular formula is C12H10. The average Bonchev–Trinajstić information content (AvgIpc) is 2.10. The van der Waals surface area contributed by atoms with E-state index in [1.54, 1.807) is 0 Å². The fraction of sp³-hybridized carbons (Fsp3) is 0.333. The van der Waals surface area contributed by atoms with Crippen molar-refractivity contribution >= 4 is 0 Å². The molecule has 0 unspecified atom stereocenters. The molecule has 0 aliphatic carbocycles. The van der Waals surface area contributed by atoms with Crippen LogP contribution in [0, 0.1) is 47.9 Å². The lowest BCUT2D eigenvalue weighted by atomic mass is 10.3. The molecule has 0 rings (SSSR count). The minimum Gasteiger partial charge on any atom is -0.106 e. The maximum absolute atomic E-state index is 4.91. The summed E-state index contributed by atoms with van der Waals surface area (Å²) in [6.45, 7) is 2.08. The van der Waals surface area contributed by atoms with Gasteiger partial charge in [0.05, 0.1) is 6.42 Å². The van der Waals surface area contributed by atoms with Crippen molar-refractivity contribution < 1.29 is 0 Å². The first-order chi connectivity index (χ1) is 5.91. The zero-order valence-corrected chi connectivity index (χ0v) is 7.20. The van der Waals surface area contributed by atoms with Gasteiger partial charge in [0.2, 0.25) is 0 Å². The lowest BCUT2D eigenvalue weighted by molar-refractivity contribution is 0.983. The van der Waals surface area contributed by atoms with Crippen molar-refractivity contribution in [3.63, 3.8) is 0 Å². The lowest BCUT2D eigenvalue weighted by Crippen LogP contribution is -1.61. The van der Waals surface area contributed by atoms with E-state index in [2.05, 4.69) is 48.4 Å². The Bertz CT molecular complexity index is 320. The molecule has 0 heteroatoms. The lowest BCUT2D eigenvalue weighted by Gasteiger charge is -1.72. The molecule has 58 valence electrons. The van der Waals surface area contributed by atoms with E-state index >= 15 is 0 Å². The van der Waals surface area contributed by atoms with Crippen molar-refractivity contribution in [1.29, 1.82) is 0 Å². The van der Waals surface area contributed by atoms with Gasteiger partial charge in [0, 0.05) is 6.42 Å². The molecule has 0 saturated heterocycles. The van der Waals surface area contributed by atoms with Gasteiger partial charge >= 0.3 is 0 Å². The molecule has 0 amide bonds. The van der Waals surface area contributed by atoms with E-state index < -0.39 is 0 Å². The van der Waals surface area contributed by atoms with Gasteiger partial charge in [-0.3, -0.25) is 0 Å². The predicted molar refractivity (Wildman–Crippen MR) is 51.7 cm³/mol. The van der Waals surface area contributed by atoms with Gasteiger partial charge in [-0.2, -0.15) is 0 Å². The van der Waals surface area contributed by atoms with Crippen LogP contribution in [-0.4, -0.2) is 0 Å². The molecule has 12 heavy (non-hydrogen) atoms. The highest BCUT2D eigenvalue weighted by atomic mass is 13.7. The van der Waals surface area contributed by atoms with Crippen molar-refractivity contribution in [2.45, 2.75) is 26.2 Å². The van der Waals surface area contributed by atoms with Gasteiger partial charge in [0.1, 0.15) is 0 Å². The molecule has 0 N–H and O–H groups in total. The predicted octanol–water partition coefficient (Wildman–Crippen LogP) is 1.82. The van der Waals surface area contributed by atoms with Crippen molar-refractivity contribution in [3.8, 4) is 47.9 Å². The summed E-state index contributed by atoms with van der Waals surface area (Å²) in [4.78, 5) is 0. The second-order valence-corrected chi connectivity index (χ2v) is 1.98. The fourth-order valence-electron chi connectivity index (χ4n) is 0.460. The highest BCUT2D eigenvalue weighted by Gasteiger charge is 1.67. The Morgan fingerprint density at radius 3 is 2.33 bits per heavy atom. The first-order valence-electron chi connectivity index (χ1n) is 3.81. The topological polar surface area (TPSA) is 0 Å². The molecule has 0 aromatic heterocycles. The van der Waals surface area contributed by atoms with E-state index in [0.717, 1.165) is 12.8 Å². The number of terminal acetylenes is 1. The third kappa shape index (κ3) is 8.24. The van der Waals surface area contributed by atoms with Gasteiger partial charge in [0.15, 0.2) is 0 Å². The van der Waals surface area contributed by atoms with Crippen LogP contribution in [0.1, 0.15) is 26.2 Å². The highest BCUT2D eigenvalue weighted by Crippen LogP contribution is 1.79. The summed E-state index contributed by atoms with van der Waals surface area (Å²) in [7, 11) is 0. The normalized spacial score (nSPS) is 5.67. The van der Waals surface area contributed by atoms with Crippen LogP contribution < -0.4 is 0 Å². The van der Waals surface area contributed by atoms with Crippen molar-refractivity contribution in [2.75, 3.05) is 0 Å². The molecular weight excluding hydrogens is 144 g/mol. The largest absolute Gasteiger partial charge is 0.106 e. The minimum absolute atomic E-state index is 0.505. The average molecular weight is 154 g/mol. The van der Waals surface area contributed by atoms with Gasteiger partial charge in [-0.15, -0.1) is 6.42 Å². The van der Waals surface area contributed by atoms with Gasteiger partial charge in [0.25, 0.3) is 0 Å². The summed E-state index contributed by atoms with van der Waals surface area (Å²) in [5, 5.41) is 0. The van der Waals surface area contributed by atoms with Crippen LogP contribution >= 0.6 is 0 Å². The Labute approximate surface area is 74.8 Å². The highest BCUT2D eigenvalue weighted by molar-refractivity contribution is 5.29. The molecule has 0 radical (unpaired) electrons. The second-order valence-electron chi connectivity index (χ2n) is 1.98. The SMILES string of the molecule is C#CC#CCC#CC#CCCC. The zero-order valence-electron chi connectivity index (χ0n) is 7.20. The Hall–Kier alpha value is -1.76. The van der Waals surface area contributed by atoms with Gasteiger partial charge < -0.3 is 0 Å². The van der Waals surface area contributed by atoms with Crippen LogP contribution in [0.2, 0.25) is 0 Å². The zero-order chi connectivity index (χ0) is 9.07. The molecule has 0 heterocycles. The number of unbranched alkanes of at least 4 members (excludes halogenated alkanes) is 1. The third-order valence-corrected chi connectivity index (χ3v) is 0.952. The Balaban J connectivity index is 3.64. The number of hydrogen-bond acceptors (Lipinski definition) is 0. The van der Waals surface area contributed by atoms with E-state index in [0.29, 0.717) is 6.42 Å². The Morgan fingerprint density at radius 1 is 1.00 bits per heavy atom. The minimum atomic E-state index is 0.505. The van der Waals surface area contributed by atoms with E-state index in [4.69, 9.17) is 6.42 Å². The third-order valence-electron chi connectivity index (χ3n) is 0.952. The molecule has 0 spiro atoms.